The summed E-state index contributed by atoms with van der Waals surface area (Å²) in [6.45, 7) is 3.18. The van der Waals surface area contributed by atoms with Crippen molar-refractivity contribution in [1.29, 1.82) is 10.5 Å². The Balaban J connectivity index is 2.30. The normalized spacial score (nSPS) is 14.8. The van der Waals surface area contributed by atoms with Crippen molar-refractivity contribution in [3.63, 3.8) is 0 Å². The fraction of sp³-hybridized carbons (Fsp3) is 0.316. The molecular weight excluding hydrogens is 316 g/mol. The molecule has 1 saturated heterocycles. The number of hydrogen-bond donors (Lipinski definition) is 0. The predicted octanol–water partition coefficient (Wildman–Crippen LogP) is 2.47. The molecule has 0 unspecified atom stereocenters. The SMILES string of the molecule is CCOC(=O)c1ccc(N2CC(=C(C#N)C#N)/C(=C\N(C)C)C2)cc1. The summed E-state index contributed by atoms with van der Waals surface area (Å²) in [5.74, 6) is -0.347. The minimum Gasteiger partial charge on any atom is -0.462 e. The lowest BCUT2D eigenvalue weighted by Gasteiger charge is -2.17. The Bertz CT molecular complexity index is 776. The van der Waals surface area contributed by atoms with E-state index in [1.165, 1.54) is 0 Å². The third-order valence-corrected chi connectivity index (χ3v) is 3.78. The van der Waals surface area contributed by atoms with E-state index in [1.807, 2.05) is 49.5 Å². The molecule has 0 bridgehead atoms. The Hall–Kier alpha value is -3.25. The van der Waals surface area contributed by atoms with Gasteiger partial charge in [0.05, 0.1) is 12.2 Å². The first-order valence-corrected chi connectivity index (χ1v) is 7.93. The van der Waals surface area contributed by atoms with Gasteiger partial charge >= 0.3 is 5.97 Å². The van der Waals surface area contributed by atoms with E-state index in [4.69, 9.17) is 4.74 Å². The number of anilines is 1. The molecule has 1 fully saturated rings. The van der Waals surface area contributed by atoms with Crippen molar-refractivity contribution in [2.75, 3.05) is 38.7 Å². The molecule has 0 spiro atoms. The standard InChI is InChI=1S/C19H20N4O2/c1-4-25-19(24)14-5-7-17(8-6-14)23-12-16(11-22(2)3)18(13-23)15(9-20)10-21/h5-8,11H,4,12-13H2,1-3H3/b16-11-. The van der Waals surface area contributed by atoms with Crippen LogP contribution in [-0.4, -0.2) is 44.7 Å². The Kier molecular flexibility index (Phi) is 5.81. The van der Waals surface area contributed by atoms with Crippen LogP contribution in [0.5, 0.6) is 0 Å². The zero-order valence-electron chi connectivity index (χ0n) is 14.6. The zero-order valence-corrected chi connectivity index (χ0v) is 14.6. The van der Waals surface area contributed by atoms with E-state index >= 15 is 0 Å². The van der Waals surface area contributed by atoms with Gasteiger partial charge in [-0.15, -0.1) is 0 Å². The molecule has 0 amide bonds. The van der Waals surface area contributed by atoms with Crippen molar-refractivity contribution in [3.05, 3.63) is 52.7 Å². The second-order valence-corrected chi connectivity index (χ2v) is 5.82. The summed E-state index contributed by atoms with van der Waals surface area (Å²) < 4.78 is 4.98. The fourth-order valence-corrected chi connectivity index (χ4v) is 2.68. The van der Waals surface area contributed by atoms with E-state index in [9.17, 15) is 15.3 Å². The first-order valence-electron chi connectivity index (χ1n) is 7.93. The van der Waals surface area contributed by atoms with Gasteiger partial charge in [0.2, 0.25) is 0 Å². The van der Waals surface area contributed by atoms with E-state index in [1.54, 1.807) is 19.1 Å². The van der Waals surface area contributed by atoms with Gasteiger partial charge in [0.15, 0.2) is 0 Å². The van der Waals surface area contributed by atoms with Crippen LogP contribution >= 0.6 is 0 Å². The van der Waals surface area contributed by atoms with Gasteiger partial charge in [-0.25, -0.2) is 4.79 Å². The molecule has 1 aliphatic rings. The average molecular weight is 336 g/mol. The molecule has 0 atom stereocenters. The average Bonchev–Trinajstić information content (AvgIpc) is 2.99. The molecule has 0 aromatic heterocycles. The van der Waals surface area contributed by atoms with E-state index in [0.29, 0.717) is 25.3 Å². The summed E-state index contributed by atoms with van der Waals surface area (Å²) in [5, 5.41) is 18.4. The van der Waals surface area contributed by atoms with Crippen molar-refractivity contribution in [1.82, 2.24) is 4.90 Å². The molecule has 2 rings (SSSR count). The highest BCUT2D eigenvalue weighted by Gasteiger charge is 2.25. The van der Waals surface area contributed by atoms with Crippen LogP contribution < -0.4 is 4.90 Å². The van der Waals surface area contributed by atoms with Crippen LogP contribution in [0.4, 0.5) is 5.69 Å². The molecule has 1 aromatic carbocycles. The van der Waals surface area contributed by atoms with Crippen LogP contribution in [0.1, 0.15) is 17.3 Å². The van der Waals surface area contributed by atoms with Crippen molar-refractivity contribution in [3.8, 4) is 12.1 Å². The Morgan fingerprint density at radius 3 is 2.40 bits per heavy atom. The Morgan fingerprint density at radius 2 is 1.88 bits per heavy atom. The van der Waals surface area contributed by atoms with Gasteiger partial charge < -0.3 is 14.5 Å². The van der Waals surface area contributed by atoms with Gasteiger partial charge in [0, 0.05) is 44.6 Å². The van der Waals surface area contributed by atoms with Crippen molar-refractivity contribution < 1.29 is 9.53 Å². The second-order valence-electron chi connectivity index (χ2n) is 5.82. The summed E-state index contributed by atoms with van der Waals surface area (Å²) in [7, 11) is 3.81. The third-order valence-electron chi connectivity index (χ3n) is 3.78. The number of esters is 1. The van der Waals surface area contributed by atoms with Crippen LogP contribution in [0.25, 0.3) is 0 Å². The van der Waals surface area contributed by atoms with Crippen molar-refractivity contribution >= 4 is 11.7 Å². The highest BCUT2D eigenvalue weighted by molar-refractivity contribution is 5.89. The molecule has 0 aliphatic carbocycles. The number of allylic oxidation sites excluding steroid dienone is 1. The summed E-state index contributed by atoms with van der Waals surface area (Å²) in [6, 6.07) is 11.1. The molecule has 1 aliphatic heterocycles. The fourth-order valence-electron chi connectivity index (χ4n) is 2.68. The quantitative estimate of drug-likeness (QED) is 0.621. The molecule has 6 heteroatoms. The predicted molar refractivity (Wildman–Crippen MR) is 94.6 cm³/mol. The largest absolute Gasteiger partial charge is 0.462 e. The van der Waals surface area contributed by atoms with Crippen molar-refractivity contribution in [2.24, 2.45) is 0 Å². The van der Waals surface area contributed by atoms with Crippen LogP contribution in [0.3, 0.4) is 0 Å². The molecule has 6 nitrogen and oxygen atoms in total. The summed E-state index contributed by atoms with van der Waals surface area (Å²) in [5.41, 5.74) is 3.24. The molecule has 0 N–H and O–H groups in total. The monoisotopic (exact) mass is 336 g/mol. The van der Waals surface area contributed by atoms with Gasteiger partial charge in [-0.2, -0.15) is 10.5 Å². The molecule has 128 valence electrons. The number of carbonyl (C=O) groups is 1. The molecule has 1 heterocycles. The third kappa shape index (κ3) is 4.19. The molecule has 0 saturated carbocycles. The lowest BCUT2D eigenvalue weighted by Crippen LogP contribution is -2.18. The number of rotatable bonds is 4. The molecular formula is C19H20N4O2. The summed E-state index contributed by atoms with van der Waals surface area (Å²) in [6.07, 6.45) is 1.93. The summed E-state index contributed by atoms with van der Waals surface area (Å²) >= 11 is 0. The van der Waals surface area contributed by atoms with Crippen LogP contribution in [-0.2, 0) is 4.74 Å². The minimum absolute atomic E-state index is 0.138. The highest BCUT2D eigenvalue weighted by atomic mass is 16.5. The maximum absolute atomic E-state index is 11.7. The lowest BCUT2D eigenvalue weighted by molar-refractivity contribution is 0.0526. The van der Waals surface area contributed by atoms with Gasteiger partial charge in [0.25, 0.3) is 0 Å². The minimum atomic E-state index is -0.347. The first kappa shape index (κ1) is 18.1. The second kappa shape index (κ2) is 8.03. The van der Waals surface area contributed by atoms with Crippen LogP contribution in [0, 0.1) is 22.7 Å². The van der Waals surface area contributed by atoms with Gasteiger partial charge in [-0.3, -0.25) is 0 Å². The van der Waals surface area contributed by atoms with Gasteiger partial charge in [0.1, 0.15) is 17.7 Å². The number of nitriles is 2. The maximum atomic E-state index is 11.7. The Morgan fingerprint density at radius 1 is 1.24 bits per heavy atom. The molecule has 25 heavy (non-hydrogen) atoms. The highest BCUT2D eigenvalue weighted by Crippen LogP contribution is 2.29. The number of benzene rings is 1. The van der Waals surface area contributed by atoms with Gasteiger partial charge in [-0.05, 0) is 36.8 Å². The van der Waals surface area contributed by atoms with E-state index < -0.39 is 0 Å². The number of nitrogens with zero attached hydrogens (tertiary/aromatic N) is 4. The number of hydrogen-bond acceptors (Lipinski definition) is 6. The van der Waals surface area contributed by atoms with Crippen LogP contribution in [0.2, 0.25) is 0 Å². The van der Waals surface area contributed by atoms with Crippen LogP contribution in [0.15, 0.2) is 47.2 Å². The van der Waals surface area contributed by atoms with Crippen molar-refractivity contribution in [2.45, 2.75) is 6.92 Å². The first-order chi connectivity index (χ1) is 12.0. The number of ether oxygens (including phenoxy) is 1. The lowest BCUT2D eigenvalue weighted by atomic mass is 10.1. The topological polar surface area (TPSA) is 80.4 Å². The molecule has 1 aromatic rings. The summed E-state index contributed by atoms with van der Waals surface area (Å²) in [4.78, 5) is 15.7. The molecule has 0 radical (unpaired) electrons. The van der Waals surface area contributed by atoms with E-state index in [0.717, 1.165) is 16.8 Å². The zero-order chi connectivity index (χ0) is 18.4. The van der Waals surface area contributed by atoms with E-state index in [-0.39, 0.29) is 11.5 Å². The smallest absolute Gasteiger partial charge is 0.338 e. The van der Waals surface area contributed by atoms with Gasteiger partial charge in [-0.1, -0.05) is 0 Å². The Labute approximate surface area is 147 Å². The maximum Gasteiger partial charge on any atom is 0.338 e. The number of carbonyl (C=O) groups excluding carboxylic acids is 1. The van der Waals surface area contributed by atoms with E-state index in [2.05, 4.69) is 4.90 Å².